The molecule has 0 aromatic carbocycles. The molecule has 0 spiro atoms. The number of hydrogen-bond donors (Lipinski definition) is 0. The minimum Gasteiger partial charge on any atom is -0.299 e. The fourth-order valence-corrected chi connectivity index (χ4v) is 0.766. The van der Waals surface area contributed by atoms with Gasteiger partial charge in [-0.25, -0.2) is 0 Å². The first kappa shape index (κ1) is 10.3. The first-order valence-corrected chi connectivity index (χ1v) is 4.12. The van der Waals surface area contributed by atoms with Crippen LogP contribution >= 0.6 is 0 Å². The van der Waals surface area contributed by atoms with Gasteiger partial charge in [-0.05, 0) is 6.42 Å². The molecule has 0 saturated carbocycles. The second-order valence-electron chi connectivity index (χ2n) is 3.09. The van der Waals surface area contributed by atoms with Crippen LogP contribution in [0.25, 0.3) is 0 Å². The molecule has 0 aromatic rings. The normalized spacial score (nSPS) is 10.2. The first-order valence-electron chi connectivity index (χ1n) is 4.12. The molecule has 2 nitrogen and oxygen atoms in total. The molecule has 0 aliphatic rings. The molecule has 0 amide bonds. The molecule has 0 rings (SSSR count). The van der Waals surface area contributed by atoms with Gasteiger partial charge in [0.05, 0.1) is 6.42 Å². The monoisotopic (exact) mass is 156 g/mol. The molecule has 0 aliphatic carbocycles. The topological polar surface area (TPSA) is 34.1 Å². The molecular weight excluding hydrogens is 140 g/mol. The number of hydrogen-bond acceptors (Lipinski definition) is 2. The lowest BCUT2D eigenvalue weighted by atomic mass is 10.0. The number of ketones is 2. The van der Waals surface area contributed by atoms with Crippen molar-refractivity contribution in [2.24, 2.45) is 5.92 Å². The van der Waals surface area contributed by atoms with Crippen LogP contribution in [0.1, 0.15) is 40.0 Å². The van der Waals surface area contributed by atoms with Crippen molar-refractivity contribution in [3.63, 3.8) is 0 Å². The van der Waals surface area contributed by atoms with Crippen molar-refractivity contribution in [3.8, 4) is 0 Å². The number of carbonyl (C=O) groups excluding carboxylic acids is 2. The van der Waals surface area contributed by atoms with Crippen LogP contribution in [0, 0.1) is 5.92 Å². The third kappa shape index (κ3) is 4.71. The molecule has 0 bridgehead atoms. The highest BCUT2D eigenvalue weighted by Crippen LogP contribution is 2.02. The molecule has 0 fully saturated rings. The van der Waals surface area contributed by atoms with Crippen LogP contribution in [-0.4, -0.2) is 11.6 Å². The summed E-state index contributed by atoms with van der Waals surface area (Å²) in [4.78, 5) is 21.9. The van der Waals surface area contributed by atoms with Crippen molar-refractivity contribution in [2.45, 2.75) is 40.0 Å². The minimum absolute atomic E-state index is 0.00388. The summed E-state index contributed by atoms with van der Waals surface area (Å²) in [6.07, 6.45) is 1.51. The quantitative estimate of drug-likeness (QED) is 0.570. The molecule has 0 aliphatic heterocycles. The zero-order valence-electron chi connectivity index (χ0n) is 7.52. The zero-order valence-corrected chi connectivity index (χ0v) is 7.52. The van der Waals surface area contributed by atoms with Gasteiger partial charge in [0, 0.05) is 12.3 Å². The summed E-state index contributed by atoms with van der Waals surface area (Å²) >= 11 is 0. The molecule has 0 atom stereocenters. The lowest BCUT2D eigenvalue weighted by Gasteiger charge is -2.01. The fourth-order valence-electron chi connectivity index (χ4n) is 0.766. The highest BCUT2D eigenvalue weighted by Gasteiger charge is 2.11. The van der Waals surface area contributed by atoms with Gasteiger partial charge in [-0.15, -0.1) is 0 Å². The molecule has 0 saturated heterocycles. The predicted molar refractivity (Wildman–Crippen MR) is 44.4 cm³/mol. The molecule has 0 radical (unpaired) electrons. The van der Waals surface area contributed by atoms with E-state index in [-0.39, 0.29) is 23.9 Å². The summed E-state index contributed by atoms with van der Waals surface area (Å²) in [6, 6.07) is 0. The van der Waals surface area contributed by atoms with E-state index < -0.39 is 0 Å². The van der Waals surface area contributed by atoms with Gasteiger partial charge >= 0.3 is 0 Å². The van der Waals surface area contributed by atoms with Gasteiger partial charge in [0.25, 0.3) is 0 Å². The summed E-state index contributed by atoms with van der Waals surface area (Å²) < 4.78 is 0. The Balaban J connectivity index is 3.67. The fraction of sp³-hybridized carbons (Fsp3) is 0.778. The van der Waals surface area contributed by atoms with Crippen LogP contribution in [0.3, 0.4) is 0 Å². The summed E-state index contributed by atoms with van der Waals surface area (Å²) in [5.41, 5.74) is 0. The van der Waals surface area contributed by atoms with Crippen molar-refractivity contribution < 1.29 is 9.59 Å². The van der Waals surface area contributed by atoms with Gasteiger partial charge in [-0.2, -0.15) is 0 Å². The van der Waals surface area contributed by atoms with E-state index in [9.17, 15) is 9.59 Å². The third-order valence-electron chi connectivity index (χ3n) is 1.54. The van der Waals surface area contributed by atoms with Crippen molar-refractivity contribution in [2.75, 3.05) is 0 Å². The van der Waals surface area contributed by atoms with Gasteiger partial charge in [-0.1, -0.05) is 20.8 Å². The molecule has 11 heavy (non-hydrogen) atoms. The highest BCUT2D eigenvalue weighted by molar-refractivity contribution is 5.99. The molecule has 0 N–H and O–H groups in total. The van der Waals surface area contributed by atoms with Crippen LogP contribution in [0.2, 0.25) is 0 Å². The minimum atomic E-state index is -0.00388. The lowest BCUT2D eigenvalue weighted by Crippen LogP contribution is -2.12. The largest absolute Gasteiger partial charge is 0.299 e. The Bertz CT molecular complexity index is 148. The Morgan fingerprint density at radius 2 is 1.82 bits per heavy atom. The Hall–Kier alpha value is -0.660. The van der Waals surface area contributed by atoms with Gasteiger partial charge in [0.15, 0.2) is 0 Å². The van der Waals surface area contributed by atoms with Crippen LogP contribution in [0.4, 0.5) is 0 Å². The van der Waals surface area contributed by atoms with Crippen molar-refractivity contribution in [1.29, 1.82) is 0 Å². The summed E-state index contributed by atoms with van der Waals surface area (Å²) in [5, 5.41) is 0. The Kier molecular flexibility index (Phi) is 4.75. The summed E-state index contributed by atoms with van der Waals surface area (Å²) in [6.45, 7) is 5.58. The smallest absolute Gasteiger partial charge is 0.142 e. The molecular formula is C9H16O2. The second kappa shape index (κ2) is 5.05. The van der Waals surface area contributed by atoms with Crippen LogP contribution in [0.5, 0.6) is 0 Å². The van der Waals surface area contributed by atoms with Gasteiger partial charge < -0.3 is 0 Å². The standard InChI is InChI=1S/C9H16O2/c1-4-5-8(10)6-9(11)7(2)3/h7H,4-6H2,1-3H3. The average Bonchev–Trinajstić information content (AvgIpc) is 1.87. The predicted octanol–water partition coefficient (Wildman–Crippen LogP) is 1.97. The lowest BCUT2D eigenvalue weighted by molar-refractivity contribution is -0.128. The van der Waals surface area contributed by atoms with E-state index in [0.717, 1.165) is 6.42 Å². The summed E-state index contributed by atoms with van der Waals surface area (Å²) in [7, 11) is 0. The number of carbonyl (C=O) groups is 2. The molecule has 2 heteroatoms. The van der Waals surface area contributed by atoms with Gasteiger partial charge in [0.2, 0.25) is 0 Å². The van der Waals surface area contributed by atoms with E-state index in [1.807, 2.05) is 20.8 Å². The summed E-state index contributed by atoms with van der Waals surface area (Å²) in [5.74, 6) is 0.130. The maximum absolute atomic E-state index is 11.0. The Morgan fingerprint density at radius 1 is 1.27 bits per heavy atom. The number of Topliss-reactive ketones (excluding diaryl/α,β-unsaturated/α-hetero) is 2. The number of rotatable bonds is 5. The third-order valence-corrected chi connectivity index (χ3v) is 1.54. The first-order chi connectivity index (χ1) is 5.07. The Labute approximate surface area is 68.0 Å². The van der Waals surface area contributed by atoms with E-state index in [0.29, 0.717) is 6.42 Å². The second-order valence-corrected chi connectivity index (χ2v) is 3.09. The van der Waals surface area contributed by atoms with E-state index in [4.69, 9.17) is 0 Å². The molecule has 0 unspecified atom stereocenters. The van der Waals surface area contributed by atoms with Crippen molar-refractivity contribution >= 4 is 11.6 Å². The van der Waals surface area contributed by atoms with Crippen molar-refractivity contribution in [3.05, 3.63) is 0 Å². The van der Waals surface area contributed by atoms with Gasteiger partial charge in [-0.3, -0.25) is 9.59 Å². The van der Waals surface area contributed by atoms with E-state index in [1.54, 1.807) is 0 Å². The van der Waals surface area contributed by atoms with Crippen molar-refractivity contribution in [1.82, 2.24) is 0 Å². The van der Waals surface area contributed by atoms with E-state index >= 15 is 0 Å². The average molecular weight is 156 g/mol. The maximum Gasteiger partial charge on any atom is 0.142 e. The highest BCUT2D eigenvalue weighted by atomic mass is 16.1. The SMILES string of the molecule is CCCC(=O)CC(=O)C(C)C. The van der Waals surface area contributed by atoms with Crippen LogP contribution in [-0.2, 0) is 9.59 Å². The van der Waals surface area contributed by atoms with Crippen LogP contribution in [0.15, 0.2) is 0 Å². The maximum atomic E-state index is 11.0. The molecule has 0 heterocycles. The van der Waals surface area contributed by atoms with E-state index in [2.05, 4.69) is 0 Å². The van der Waals surface area contributed by atoms with E-state index in [1.165, 1.54) is 0 Å². The van der Waals surface area contributed by atoms with Gasteiger partial charge in [0.1, 0.15) is 11.6 Å². The van der Waals surface area contributed by atoms with Crippen LogP contribution < -0.4 is 0 Å². The zero-order chi connectivity index (χ0) is 8.85. The molecule has 64 valence electrons. The Morgan fingerprint density at radius 3 is 2.18 bits per heavy atom. The molecule has 0 aromatic heterocycles.